The smallest absolute Gasteiger partial charge is 0.266 e. The van der Waals surface area contributed by atoms with Crippen molar-refractivity contribution in [2.24, 2.45) is 5.73 Å². The molecule has 0 aromatic carbocycles. The first-order valence-corrected chi connectivity index (χ1v) is 5.34. The lowest BCUT2D eigenvalue weighted by Gasteiger charge is -2.24. The first-order valence-electron chi connectivity index (χ1n) is 5.34. The summed E-state index contributed by atoms with van der Waals surface area (Å²) < 4.78 is 10.4. The first-order chi connectivity index (χ1) is 7.81. The van der Waals surface area contributed by atoms with Crippen molar-refractivity contribution in [3.05, 3.63) is 18.5 Å². The minimum absolute atomic E-state index is 0.264. The van der Waals surface area contributed by atoms with E-state index >= 15 is 0 Å². The molecule has 1 saturated heterocycles. The number of anilines is 1. The van der Waals surface area contributed by atoms with Crippen LogP contribution >= 0.6 is 0 Å². The van der Waals surface area contributed by atoms with Crippen molar-refractivity contribution in [1.82, 2.24) is 10.1 Å². The van der Waals surface area contributed by atoms with E-state index in [2.05, 4.69) is 16.7 Å². The van der Waals surface area contributed by atoms with Crippen molar-refractivity contribution in [1.29, 1.82) is 0 Å². The van der Waals surface area contributed by atoms with Crippen molar-refractivity contribution < 1.29 is 9.26 Å². The number of morpholine rings is 1. The fraction of sp³-hybridized carbons (Fsp3) is 0.600. The van der Waals surface area contributed by atoms with Gasteiger partial charge in [-0.25, -0.2) is 0 Å². The first kappa shape index (κ1) is 11.1. The standard InChI is InChI=1S/C10H16N4O2/c1-2-3-8(11)9-12-10(13-16-9)14-4-6-15-7-5-14/h2,8H,1,3-7,11H2. The summed E-state index contributed by atoms with van der Waals surface area (Å²) >= 11 is 0. The summed E-state index contributed by atoms with van der Waals surface area (Å²) in [6.07, 6.45) is 2.37. The van der Waals surface area contributed by atoms with Gasteiger partial charge in [0.1, 0.15) is 0 Å². The molecule has 1 aliphatic heterocycles. The molecule has 6 nitrogen and oxygen atoms in total. The fourth-order valence-electron chi connectivity index (χ4n) is 1.55. The van der Waals surface area contributed by atoms with Gasteiger partial charge >= 0.3 is 0 Å². The Hall–Kier alpha value is -1.40. The van der Waals surface area contributed by atoms with E-state index in [-0.39, 0.29) is 6.04 Å². The van der Waals surface area contributed by atoms with Gasteiger partial charge in [0.15, 0.2) is 0 Å². The summed E-state index contributed by atoms with van der Waals surface area (Å²) in [6, 6.07) is -0.264. The Labute approximate surface area is 94.1 Å². The maximum absolute atomic E-state index is 5.84. The van der Waals surface area contributed by atoms with E-state index in [0.717, 1.165) is 13.1 Å². The maximum atomic E-state index is 5.84. The van der Waals surface area contributed by atoms with Gasteiger partial charge in [0.2, 0.25) is 5.89 Å². The highest BCUT2D eigenvalue weighted by Crippen LogP contribution is 2.16. The second kappa shape index (κ2) is 5.09. The van der Waals surface area contributed by atoms with E-state index in [4.69, 9.17) is 15.0 Å². The SMILES string of the molecule is C=CCC(N)c1nc(N2CCOCC2)no1. The fourth-order valence-corrected chi connectivity index (χ4v) is 1.55. The van der Waals surface area contributed by atoms with Gasteiger partial charge in [-0.05, 0) is 11.6 Å². The highest BCUT2D eigenvalue weighted by molar-refractivity contribution is 5.28. The van der Waals surface area contributed by atoms with E-state index < -0.39 is 0 Å². The summed E-state index contributed by atoms with van der Waals surface area (Å²) in [4.78, 5) is 6.30. The lowest BCUT2D eigenvalue weighted by molar-refractivity contribution is 0.121. The molecular formula is C10H16N4O2. The number of nitrogens with two attached hydrogens (primary N) is 1. The molecular weight excluding hydrogens is 208 g/mol. The largest absolute Gasteiger partial charge is 0.378 e. The third-order valence-corrected chi connectivity index (χ3v) is 2.46. The van der Waals surface area contributed by atoms with Gasteiger partial charge < -0.3 is 19.9 Å². The number of hydrogen-bond donors (Lipinski definition) is 1. The lowest BCUT2D eigenvalue weighted by Crippen LogP contribution is -2.36. The van der Waals surface area contributed by atoms with Gasteiger partial charge in [-0.2, -0.15) is 4.98 Å². The summed E-state index contributed by atoms with van der Waals surface area (Å²) in [5.74, 6) is 1.05. The van der Waals surface area contributed by atoms with Crippen LogP contribution in [0.2, 0.25) is 0 Å². The monoisotopic (exact) mass is 224 g/mol. The van der Waals surface area contributed by atoms with Gasteiger partial charge in [-0.3, -0.25) is 0 Å². The molecule has 0 spiro atoms. The molecule has 1 aromatic rings. The predicted molar refractivity (Wildman–Crippen MR) is 59.1 cm³/mol. The van der Waals surface area contributed by atoms with Crippen LogP contribution in [0, 0.1) is 0 Å². The molecule has 2 rings (SSSR count). The van der Waals surface area contributed by atoms with Crippen molar-refractivity contribution in [2.75, 3.05) is 31.2 Å². The minimum Gasteiger partial charge on any atom is -0.378 e. The third-order valence-electron chi connectivity index (χ3n) is 2.46. The number of aromatic nitrogens is 2. The van der Waals surface area contributed by atoms with Crippen LogP contribution < -0.4 is 10.6 Å². The van der Waals surface area contributed by atoms with Crippen molar-refractivity contribution in [3.8, 4) is 0 Å². The Morgan fingerprint density at radius 2 is 2.25 bits per heavy atom. The van der Waals surface area contributed by atoms with Crippen LogP contribution in [0.3, 0.4) is 0 Å². The number of rotatable bonds is 4. The molecule has 1 unspecified atom stereocenters. The Balaban J connectivity index is 2.03. The Morgan fingerprint density at radius 3 is 2.94 bits per heavy atom. The predicted octanol–water partition coefficient (Wildman–Crippen LogP) is 0.482. The molecule has 2 heterocycles. The number of ether oxygens (including phenoxy) is 1. The van der Waals surface area contributed by atoms with Crippen molar-refractivity contribution >= 4 is 5.95 Å². The highest BCUT2D eigenvalue weighted by Gasteiger charge is 2.19. The zero-order valence-corrected chi connectivity index (χ0v) is 9.13. The Kier molecular flexibility index (Phi) is 3.53. The van der Waals surface area contributed by atoms with Gasteiger partial charge in [-0.1, -0.05) is 6.08 Å². The molecule has 0 amide bonds. The van der Waals surface area contributed by atoms with Crippen molar-refractivity contribution in [2.45, 2.75) is 12.5 Å². The molecule has 2 N–H and O–H groups in total. The lowest BCUT2D eigenvalue weighted by atomic mass is 10.2. The van der Waals surface area contributed by atoms with Crippen LogP contribution in [-0.2, 0) is 4.74 Å². The normalized spacial score (nSPS) is 18.4. The van der Waals surface area contributed by atoms with Gasteiger partial charge in [0.25, 0.3) is 5.95 Å². The number of hydrogen-bond acceptors (Lipinski definition) is 6. The summed E-state index contributed by atoms with van der Waals surface area (Å²) in [5, 5.41) is 3.91. The van der Waals surface area contributed by atoms with Gasteiger partial charge in [0, 0.05) is 13.1 Å². The summed E-state index contributed by atoms with van der Waals surface area (Å²) in [7, 11) is 0. The van der Waals surface area contributed by atoms with E-state index in [1.54, 1.807) is 6.08 Å². The van der Waals surface area contributed by atoms with Crippen LogP contribution in [0.15, 0.2) is 17.2 Å². The average Bonchev–Trinajstić information content (AvgIpc) is 2.80. The molecule has 6 heteroatoms. The summed E-state index contributed by atoms with van der Waals surface area (Å²) in [6.45, 7) is 6.59. The Morgan fingerprint density at radius 1 is 1.50 bits per heavy atom. The molecule has 0 saturated carbocycles. The Bertz CT molecular complexity index is 346. The minimum atomic E-state index is -0.264. The van der Waals surface area contributed by atoms with E-state index in [9.17, 15) is 0 Å². The van der Waals surface area contributed by atoms with Gasteiger partial charge in [-0.15, -0.1) is 6.58 Å². The highest BCUT2D eigenvalue weighted by atomic mass is 16.5. The molecule has 1 aliphatic rings. The van der Waals surface area contributed by atoms with Crippen LogP contribution in [0.25, 0.3) is 0 Å². The van der Waals surface area contributed by atoms with Crippen molar-refractivity contribution in [3.63, 3.8) is 0 Å². The average molecular weight is 224 g/mol. The second-order valence-electron chi connectivity index (χ2n) is 3.66. The molecule has 1 fully saturated rings. The zero-order valence-electron chi connectivity index (χ0n) is 9.13. The summed E-state index contributed by atoms with van der Waals surface area (Å²) in [5.41, 5.74) is 5.84. The number of nitrogens with zero attached hydrogens (tertiary/aromatic N) is 3. The van der Waals surface area contributed by atoms with E-state index in [0.29, 0.717) is 31.5 Å². The van der Waals surface area contributed by atoms with Crippen LogP contribution in [0.1, 0.15) is 18.4 Å². The van der Waals surface area contributed by atoms with Crippen LogP contribution in [0.4, 0.5) is 5.95 Å². The molecule has 1 atom stereocenters. The molecule has 0 radical (unpaired) electrons. The van der Waals surface area contributed by atoms with Crippen LogP contribution in [-0.4, -0.2) is 36.4 Å². The molecule has 88 valence electrons. The van der Waals surface area contributed by atoms with E-state index in [1.165, 1.54) is 0 Å². The molecule has 0 aliphatic carbocycles. The quantitative estimate of drug-likeness (QED) is 0.750. The molecule has 1 aromatic heterocycles. The zero-order chi connectivity index (χ0) is 11.4. The topological polar surface area (TPSA) is 77.4 Å². The third kappa shape index (κ3) is 2.40. The van der Waals surface area contributed by atoms with Gasteiger partial charge in [0.05, 0.1) is 19.3 Å². The second-order valence-corrected chi connectivity index (χ2v) is 3.66. The maximum Gasteiger partial charge on any atom is 0.266 e. The molecule has 16 heavy (non-hydrogen) atoms. The molecule has 0 bridgehead atoms. The van der Waals surface area contributed by atoms with Crippen LogP contribution in [0.5, 0.6) is 0 Å². The van der Waals surface area contributed by atoms with E-state index in [1.807, 2.05) is 4.90 Å².